The van der Waals surface area contributed by atoms with E-state index in [-0.39, 0.29) is 0 Å². The maximum absolute atomic E-state index is 11.5. The predicted octanol–water partition coefficient (Wildman–Crippen LogP) is 5.28. The largest absolute Gasteiger partial charge is 0.300 e. The van der Waals surface area contributed by atoms with E-state index in [1.807, 2.05) is 0 Å². The van der Waals surface area contributed by atoms with Crippen molar-refractivity contribution in [2.24, 2.45) is 0 Å². The third-order valence-corrected chi connectivity index (χ3v) is 5.07. The van der Waals surface area contributed by atoms with Crippen LogP contribution in [0, 0.1) is 3.57 Å². The zero-order valence-electron chi connectivity index (χ0n) is 12.2. The number of carbonyl (C=O) groups is 1. The maximum Gasteiger partial charge on any atom is 0.130 e. The van der Waals surface area contributed by atoms with E-state index in [2.05, 4.69) is 71.1 Å². The molecule has 1 aliphatic carbocycles. The second kappa shape index (κ2) is 6.30. The number of fused-ring (bicyclic) bond motifs is 1. The van der Waals surface area contributed by atoms with Gasteiger partial charge in [-0.25, -0.2) is 0 Å². The van der Waals surface area contributed by atoms with Gasteiger partial charge in [0.25, 0.3) is 0 Å². The number of hydrogen-bond donors (Lipinski definition) is 0. The number of ketones is 1. The summed E-state index contributed by atoms with van der Waals surface area (Å²) in [4.78, 5) is 11.5. The summed E-state index contributed by atoms with van der Waals surface area (Å²) in [5, 5.41) is 0. The van der Waals surface area contributed by atoms with E-state index in [1.54, 1.807) is 6.92 Å². The van der Waals surface area contributed by atoms with Gasteiger partial charge in [0.2, 0.25) is 0 Å². The van der Waals surface area contributed by atoms with Crippen LogP contribution in [0.1, 0.15) is 54.7 Å². The first-order chi connectivity index (χ1) is 10.1. The third kappa shape index (κ3) is 3.20. The van der Waals surface area contributed by atoms with Gasteiger partial charge in [-0.1, -0.05) is 36.4 Å². The fourth-order valence-electron chi connectivity index (χ4n) is 3.51. The van der Waals surface area contributed by atoms with Crippen LogP contribution >= 0.6 is 22.6 Å². The number of Topliss-reactive ketones (excluding diaryl/α,β-unsaturated/α-hetero) is 1. The van der Waals surface area contributed by atoms with Crippen molar-refractivity contribution in [2.75, 3.05) is 0 Å². The van der Waals surface area contributed by atoms with E-state index < -0.39 is 0 Å². The van der Waals surface area contributed by atoms with Crippen molar-refractivity contribution in [3.63, 3.8) is 0 Å². The summed E-state index contributed by atoms with van der Waals surface area (Å²) >= 11 is 2.38. The molecule has 2 aromatic carbocycles. The van der Waals surface area contributed by atoms with Gasteiger partial charge in [0.05, 0.1) is 0 Å². The highest BCUT2D eigenvalue weighted by Crippen LogP contribution is 2.43. The lowest BCUT2D eigenvalue weighted by molar-refractivity contribution is -0.117. The standard InChI is InChI=1S/C19H19IO/c1-13(21)11-15-9-10-18(14-5-4-6-16(20)12-14)19-8-3-2-7-17(15)19/h2-8,12,15,18H,9-11H2,1H3/t15-,18?/m0/s1. The summed E-state index contributed by atoms with van der Waals surface area (Å²) < 4.78 is 1.29. The first kappa shape index (κ1) is 14.8. The van der Waals surface area contributed by atoms with Crippen LogP contribution < -0.4 is 0 Å². The number of hydrogen-bond acceptors (Lipinski definition) is 1. The molecule has 0 heterocycles. The minimum Gasteiger partial charge on any atom is -0.300 e. The number of halogens is 1. The minimum absolute atomic E-state index is 0.294. The Balaban J connectivity index is 2.00. The van der Waals surface area contributed by atoms with Crippen molar-refractivity contribution in [3.05, 3.63) is 68.8 Å². The van der Waals surface area contributed by atoms with Crippen LogP contribution in [-0.4, -0.2) is 5.78 Å². The van der Waals surface area contributed by atoms with Crippen molar-refractivity contribution in [1.82, 2.24) is 0 Å². The molecule has 0 bridgehead atoms. The van der Waals surface area contributed by atoms with Crippen molar-refractivity contribution in [2.45, 2.75) is 38.0 Å². The van der Waals surface area contributed by atoms with Crippen LogP contribution in [0.4, 0.5) is 0 Å². The van der Waals surface area contributed by atoms with E-state index in [0.717, 1.165) is 12.8 Å². The lowest BCUT2D eigenvalue weighted by Gasteiger charge is -2.31. The molecule has 0 aliphatic heterocycles. The van der Waals surface area contributed by atoms with E-state index >= 15 is 0 Å². The SMILES string of the molecule is CC(=O)C[C@@H]1CCC(c2cccc(I)c2)c2ccccc21. The molecule has 2 aromatic rings. The molecule has 0 fully saturated rings. The molecule has 108 valence electrons. The summed E-state index contributed by atoms with van der Waals surface area (Å²) in [6.45, 7) is 1.70. The average Bonchev–Trinajstić information content (AvgIpc) is 2.47. The van der Waals surface area contributed by atoms with Gasteiger partial charge in [-0.3, -0.25) is 0 Å². The average molecular weight is 390 g/mol. The van der Waals surface area contributed by atoms with Gasteiger partial charge in [0.15, 0.2) is 0 Å². The molecular formula is C19H19IO. The Bertz CT molecular complexity index is 662. The quantitative estimate of drug-likeness (QED) is 0.652. The zero-order chi connectivity index (χ0) is 14.8. The minimum atomic E-state index is 0.294. The highest BCUT2D eigenvalue weighted by Gasteiger charge is 2.28. The van der Waals surface area contributed by atoms with Gasteiger partial charge >= 0.3 is 0 Å². The fourth-order valence-corrected chi connectivity index (χ4v) is 4.07. The smallest absolute Gasteiger partial charge is 0.130 e. The van der Waals surface area contributed by atoms with Crippen molar-refractivity contribution < 1.29 is 4.79 Å². The van der Waals surface area contributed by atoms with Gasteiger partial charge in [0, 0.05) is 15.9 Å². The van der Waals surface area contributed by atoms with Gasteiger partial charge in [-0.05, 0) is 77.1 Å². The topological polar surface area (TPSA) is 17.1 Å². The van der Waals surface area contributed by atoms with Crippen LogP contribution in [-0.2, 0) is 4.79 Å². The molecule has 1 aliphatic rings. The van der Waals surface area contributed by atoms with Crippen LogP contribution in [0.2, 0.25) is 0 Å². The Morgan fingerprint density at radius 3 is 2.57 bits per heavy atom. The van der Waals surface area contributed by atoms with Crippen LogP contribution in [0.5, 0.6) is 0 Å². The molecule has 1 unspecified atom stereocenters. The Hall–Kier alpha value is -1.16. The van der Waals surface area contributed by atoms with Gasteiger partial charge in [-0.2, -0.15) is 0 Å². The first-order valence-corrected chi connectivity index (χ1v) is 8.56. The highest BCUT2D eigenvalue weighted by atomic mass is 127. The van der Waals surface area contributed by atoms with E-state index in [0.29, 0.717) is 24.0 Å². The highest BCUT2D eigenvalue weighted by molar-refractivity contribution is 14.1. The molecule has 0 saturated carbocycles. The molecule has 1 nitrogen and oxygen atoms in total. The summed E-state index contributed by atoms with van der Waals surface area (Å²) in [7, 11) is 0. The monoisotopic (exact) mass is 390 g/mol. The molecule has 0 radical (unpaired) electrons. The molecule has 0 N–H and O–H groups in total. The molecular weight excluding hydrogens is 371 g/mol. The Morgan fingerprint density at radius 1 is 1.10 bits per heavy atom. The Morgan fingerprint density at radius 2 is 1.86 bits per heavy atom. The van der Waals surface area contributed by atoms with E-state index in [4.69, 9.17) is 0 Å². The normalized spacial score (nSPS) is 20.9. The first-order valence-electron chi connectivity index (χ1n) is 7.49. The Kier molecular flexibility index (Phi) is 4.43. The van der Waals surface area contributed by atoms with E-state index in [1.165, 1.54) is 20.3 Å². The third-order valence-electron chi connectivity index (χ3n) is 4.40. The van der Waals surface area contributed by atoms with Crippen LogP contribution in [0.25, 0.3) is 0 Å². The summed E-state index contributed by atoms with van der Waals surface area (Å²) in [6.07, 6.45) is 2.91. The van der Waals surface area contributed by atoms with Gasteiger partial charge < -0.3 is 4.79 Å². The zero-order valence-corrected chi connectivity index (χ0v) is 14.3. The molecule has 0 saturated heterocycles. The molecule has 0 amide bonds. The van der Waals surface area contributed by atoms with Gasteiger partial charge in [-0.15, -0.1) is 0 Å². The second-order valence-corrected chi connectivity index (χ2v) is 7.16. The Labute approximate surface area is 139 Å². The fraction of sp³-hybridized carbons (Fsp3) is 0.316. The molecule has 3 rings (SSSR count). The molecule has 2 heteroatoms. The predicted molar refractivity (Wildman–Crippen MR) is 94.7 cm³/mol. The second-order valence-electron chi connectivity index (χ2n) is 5.92. The van der Waals surface area contributed by atoms with Crippen molar-refractivity contribution >= 4 is 28.4 Å². The summed E-state index contributed by atoms with van der Waals surface area (Å²) in [5.41, 5.74) is 4.19. The molecule has 2 atom stereocenters. The number of carbonyl (C=O) groups excluding carboxylic acids is 1. The van der Waals surface area contributed by atoms with Crippen molar-refractivity contribution in [1.29, 1.82) is 0 Å². The molecule has 0 aromatic heterocycles. The number of rotatable bonds is 3. The lowest BCUT2D eigenvalue weighted by atomic mass is 9.73. The van der Waals surface area contributed by atoms with E-state index in [9.17, 15) is 4.79 Å². The lowest BCUT2D eigenvalue weighted by Crippen LogP contribution is -2.17. The van der Waals surface area contributed by atoms with Crippen LogP contribution in [0.15, 0.2) is 48.5 Å². The molecule has 0 spiro atoms. The maximum atomic E-state index is 11.5. The van der Waals surface area contributed by atoms with Crippen molar-refractivity contribution in [3.8, 4) is 0 Å². The van der Waals surface area contributed by atoms with Crippen LogP contribution in [0.3, 0.4) is 0 Å². The number of benzene rings is 2. The molecule has 21 heavy (non-hydrogen) atoms. The summed E-state index contributed by atoms with van der Waals surface area (Å²) in [5.74, 6) is 1.17. The van der Waals surface area contributed by atoms with Gasteiger partial charge in [0.1, 0.15) is 5.78 Å². The summed E-state index contributed by atoms with van der Waals surface area (Å²) in [6, 6.07) is 17.5.